The standard InChI is InChI=1S/C18H26FN5O/c1-5-20-18(23(3)12-15-11-22-24(4)13-15)21-10-14(2)25-17-8-6-7-16(19)9-17/h6-9,11,13-14H,5,10,12H2,1-4H3,(H,20,21). The van der Waals surface area contributed by atoms with Crippen LogP contribution in [0.4, 0.5) is 4.39 Å². The van der Waals surface area contributed by atoms with Crippen LogP contribution in [0.15, 0.2) is 41.7 Å². The Morgan fingerprint density at radius 3 is 2.92 bits per heavy atom. The number of guanidine groups is 1. The lowest BCUT2D eigenvalue weighted by Crippen LogP contribution is -2.39. The minimum atomic E-state index is -0.308. The highest BCUT2D eigenvalue weighted by molar-refractivity contribution is 5.79. The third kappa shape index (κ3) is 6.10. The molecular weight excluding hydrogens is 321 g/mol. The lowest BCUT2D eigenvalue weighted by atomic mass is 10.3. The van der Waals surface area contributed by atoms with Gasteiger partial charge in [0, 0.05) is 45.0 Å². The Balaban J connectivity index is 1.95. The van der Waals surface area contributed by atoms with Gasteiger partial charge in [-0.1, -0.05) is 6.07 Å². The number of hydrogen-bond acceptors (Lipinski definition) is 3. The molecule has 0 bridgehead atoms. The molecule has 7 heteroatoms. The van der Waals surface area contributed by atoms with E-state index in [1.807, 2.05) is 45.2 Å². The number of hydrogen-bond donors (Lipinski definition) is 1. The van der Waals surface area contributed by atoms with Gasteiger partial charge in [-0.15, -0.1) is 0 Å². The Hall–Kier alpha value is -2.57. The summed E-state index contributed by atoms with van der Waals surface area (Å²) in [7, 11) is 3.88. The van der Waals surface area contributed by atoms with Crippen LogP contribution in [0.5, 0.6) is 5.75 Å². The van der Waals surface area contributed by atoms with Crippen molar-refractivity contribution >= 4 is 5.96 Å². The second-order valence-corrected chi connectivity index (χ2v) is 5.96. The third-order valence-electron chi connectivity index (χ3n) is 3.51. The quantitative estimate of drug-likeness (QED) is 0.617. The Morgan fingerprint density at radius 1 is 1.48 bits per heavy atom. The number of aromatic nitrogens is 2. The molecule has 0 fully saturated rings. The average molecular weight is 347 g/mol. The fourth-order valence-electron chi connectivity index (χ4n) is 2.40. The number of aryl methyl sites for hydroxylation is 1. The summed E-state index contributed by atoms with van der Waals surface area (Å²) < 4.78 is 20.7. The minimum Gasteiger partial charge on any atom is -0.489 e. The topological polar surface area (TPSA) is 54.7 Å². The van der Waals surface area contributed by atoms with Gasteiger partial charge in [-0.25, -0.2) is 9.38 Å². The highest BCUT2D eigenvalue weighted by atomic mass is 19.1. The molecule has 2 aromatic rings. The zero-order valence-corrected chi connectivity index (χ0v) is 15.2. The van der Waals surface area contributed by atoms with Crippen molar-refractivity contribution in [2.75, 3.05) is 20.1 Å². The summed E-state index contributed by atoms with van der Waals surface area (Å²) in [6, 6.07) is 6.14. The largest absolute Gasteiger partial charge is 0.489 e. The van der Waals surface area contributed by atoms with E-state index in [-0.39, 0.29) is 11.9 Å². The maximum absolute atomic E-state index is 13.2. The number of nitrogens with zero attached hydrogens (tertiary/aromatic N) is 4. The van der Waals surface area contributed by atoms with E-state index in [1.165, 1.54) is 12.1 Å². The molecule has 1 N–H and O–H groups in total. The first-order chi connectivity index (χ1) is 12.0. The van der Waals surface area contributed by atoms with Crippen LogP contribution < -0.4 is 10.1 Å². The van der Waals surface area contributed by atoms with E-state index in [0.29, 0.717) is 18.8 Å². The van der Waals surface area contributed by atoms with Crippen LogP contribution >= 0.6 is 0 Å². The summed E-state index contributed by atoms with van der Waals surface area (Å²) in [6.45, 7) is 5.89. The van der Waals surface area contributed by atoms with E-state index in [9.17, 15) is 4.39 Å². The van der Waals surface area contributed by atoms with Crippen molar-refractivity contribution in [2.24, 2.45) is 12.0 Å². The van der Waals surface area contributed by atoms with Crippen LogP contribution in [0.3, 0.4) is 0 Å². The van der Waals surface area contributed by atoms with Crippen LogP contribution in [-0.2, 0) is 13.6 Å². The normalized spacial score (nSPS) is 12.8. The van der Waals surface area contributed by atoms with Gasteiger partial charge in [0.2, 0.25) is 0 Å². The molecule has 1 heterocycles. The molecule has 0 saturated heterocycles. The number of ether oxygens (including phenoxy) is 1. The van der Waals surface area contributed by atoms with Crippen molar-refractivity contribution in [1.29, 1.82) is 0 Å². The highest BCUT2D eigenvalue weighted by Crippen LogP contribution is 2.14. The summed E-state index contributed by atoms with van der Waals surface area (Å²) in [5.41, 5.74) is 1.11. The van der Waals surface area contributed by atoms with Gasteiger partial charge in [0.05, 0.1) is 12.7 Å². The number of aliphatic imine (C=N–C) groups is 1. The maximum atomic E-state index is 13.2. The number of rotatable bonds is 7. The average Bonchev–Trinajstić information content (AvgIpc) is 2.96. The van der Waals surface area contributed by atoms with Gasteiger partial charge in [0.1, 0.15) is 17.7 Å². The fraction of sp³-hybridized carbons (Fsp3) is 0.444. The third-order valence-corrected chi connectivity index (χ3v) is 3.51. The van der Waals surface area contributed by atoms with Crippen molar-refractivity contribution in [3.8, 4) is 5.75 Å². The molecule has 0 aliphatic rings. The van der Waals surface area contributed by atoms with E-state index >= 15 is 0 Å². The predicted octanol–water partition coefficient (Wildman–Crippen LogP) is 2.42. The van der Waals surface area contributed by atoms with Crippen molar-refractivity contribution < 1.29 is 9.13 Å². The van der Waals surface area contributed by atoms with Crippen LogP contribution in [0.25, 0.3) is 0 Å². The molecule has 0 amide bonds. The molecule has 1 unspecified atom stereocenters. The summed E-state index contributed by atoms with van der Waals surface area (Å²) in [4.78, 5) is 6.66. The molecule has 25 heavy (non-hydrogen) atoms. The monoisotopic (exact) mass is 347 g/mol. The van der Waals surface area contributed by atoms with E-state index in [4.69, 9.17) is 4.74 Å². The van der Waals surface area contributed by atoms with Gasteiger partial charge < -0.3 is 15.0 Å². The Kier molecular flexibility index (Phi) is 6.80. The van der Waals surface area contributed by atoms with Crippen LogP contribution in [0, 0.1) is 5.82 Å². The minimum absolute atomic E-state index is 0.165. The van der Waals surface area contributed by atoms with E-state index in [2.05, 4.69) is 15.4 Å². The zero-order valence-electron chi connectivity index (χ0n) is 15.2. The van der Waals surface area contributed by atoms with E-state index in [1.54, 1.807) is 16.8 Å². The van der Waals surface area contributed by atoms with Gasteiger partial charge in [0.25, 0.3) is 0 Å². The molecule has 0 saturated carbocycles. The summed E-state index contributed by atoms with van der Waals surface area (Å²) in [6.07, 6.45) is 3.66. The molecule has 6 nitrogen and oxygen atoms in total. The molecular formula is C18H26FN5O. The molecule has 0 aliphatic carbocycles. The summed E-state index contributed by atoms with van der Waals surface area (Å²) in [5.74, 6) is 0.996. The number of benzene rings is 1. The zero-order chi connectivity index (χ0) is 18.2. The van der Waals surface area contributed by atoms with Crippen LogP contribution in [0.1, 0.15) is 19.4 Å². The molecule has 1 aromatic heterocycles. The first-order valence-corrected chi connectivity index (χ1v) is 8.37. The highest BCUT2D eigenvalue weighted by Gasteiger charge is 2.10. The van der Waals surface area contributed by atoms with Crippen LogP contribution in [0.2, 0.25) is 0 Å². The van der Waals surface area contributed by atoms with E-state index in [0.717, 1.165) is 18.1 Å². The fourth-order valence-corrected chi connectivity index (χ4v) is 2.40. The Labute approximate surface area is 148 Å². The van der Waals surface area contributed by atoms with Crippen LogP contribution in [-0.4, -0.2) is 46.9 Å². The Bertz CT molecular complexity index is 700. The lowest BCUT2D eigenvalue weighted by molar-refractivity contribution is 0.228. The number of halogens is 1. The molecule has 2 rings (SSSR count). The molecule has 136 valence electrons. The van der Waals surface area contributed by atoms with Gasteiger partial charge in [-0.05, 0) is 26.0 Å². The van der Waals surface area contributed by atoms with Crippen molar-refractivity contribution in [1.82, 2.24) is 20.0 Å². The van der Waals surface area contributed by atoms with Crippen molar-refractivity contribution in [2.45, 2.75) is 26.5 Å². The SMILES string of the molecule is CCNC(=NCC(C)Oc1cccc(F)c1)N(C)Cc1cnn(C)c1. The molecule has 0 spiro atoms. The summed E-state index contributed by atoms with van der Waals surface area (Å²) >= 11 is 0. The van der Waals surface area contributed by atoms with Gasteiger partial charge in [-0.3, -0.25) is 4.68 Å². The van der Waals surface area contributed by atoms with Gasteiger partial charge in [-0.2, -0.15) is 5.10 Å². The molecule has 1 atom stereocenters. The number of nitrogens with one attached hydrogen (secondary N) is 1. The van der Waals surface area contributed by atoms with Crippen molar-refractivity contribution in [3.05, 3.63) is 48.0 Å². The molecule has 1 aromatic carbocycles. The predicted molar refractivity (Wildman–Crippen MR) is 97.1 cm³/mol. The maximum Gasteiger partial charge on any atom is 0.194 e. The Morgan fingerprint density at radius 2 is 2.28 bits per heavy atom. The first kappa shape index (κ1) is 18.8. The first-order valence-electron chi connectivity index (χ1n) is 8.37. The lowest BCUT2D eigenvalue weighted by Gasteiger charge is -2.22. The second kappa shape index (κ2) is 9.05. The van der Waals surface area contributed by atoms with Crippen molar-refractivity contribution in [3.63, 3.8) is 0 Å². The van der Waals surface area contributed by atoms with E-state index < -0.39 is 0 Å². The molecule has 0 aliphatic heterocycles. The van der Waals surface area contributed by atoms with Gasteiger partial charge >= 0.3 is 0 Å². The summed E-state index contributed by atoms with van der Waals surface area (Å²) in [5, 5.41) is 7.45. The molecule has 0 radical (unpaired) electrons. The second-order valence-electron chi connectivity index (χ2n) is 5.96. The smallest absolute Gasteiger partial charge is 0.194 e. The van der Waals surface area contributed by atoms with Gasteiger partial charge in [0.15, 0.2) is 5.96 Å².